The van der Waals surface area contributed by atoms with Gasteiger partial charge in [-0.25, -0.2) is 4.98 Å². The standard InChI is InChI=1S/C31H28Cl2N2O5S2/c1-20(2)17-40-28(36)11-12-41-29-16-34-31(42-29)35-30(37)23-13-24(38-18-21-7-3-5-9-26(21)32)15-25(14-23)39-19-22-8-4-6-10-27(22)33/h3-10,13-16H,1,11-12,17-19H2,2H3,(H,34,35,37). The predicted octanol–water partition coefficient (Wildman–Crippen LogP) is 8.46. The number of carbonyl (C=O) groups excluding carboxylic acids is 2. The van der Waals surface area contributed by atoms with Crippen molar-refractivity contribution in [1.29, 1.82) is 0 Å². The van der Waals surface area contributed by atoms with Crippen LogP contribution in [0.1, 0.15) is 34.8 Å². The molecule has 11 heteroatoms. The van der Waals surface area contributed by atoms with Gasteiger partial charge in [-0.1, -0.05) is 77.5 Å². The fourth-order valence-corrected chi connectivity index (χ4v) is 5.73. The smallest absolute Gasteiger partial charge is 0.306 e. The molecular formula is C31H28Cl2N2O5S2. The largest absolute Gasteiger partial charge is 0.489 e. The van der Waals surface area contributed by atoms with E-state index in [1.165, 1.54) is 23.1 Å². The molecule has 1 amide bonds. The second-order valence-electron chi connectivity index (χ2n) is 9.11. The Balaban J connectivity index is 1.42. The van der Waals surface area contributed by atoms with Crippen LogP contribution in [-0.2, 0) is 22.7 Å². The number of aromatic nitrogens is 1. The van der Waals surface area contributed by atoms with Gasteiger partial charge >= 0.3 is 5.97 Å². The molecule has 0 atom stereocenters. The molecule has 4 aromatic rings. The number of ether oxygens (including phenoxy) is 3. The van der Waals surface area contributed by atoms with Crippen LogP contribution >= 0.6 is 46.3 Å². The number of esters is 1. The molecule has 218 valence electrons. The van der Waals surface area contributed by atoms with Crippen LogP contribution in [0.15, 0.2) is 89.3 Å². The lowest BCUT2D eigenvalue weighted by molar-refractivity contribution is -0.142. The number of anilines is 1. The Kier molecular flexibility index (Phi) is 11.7. The minimum absolute atomic E-state index is 0.211. The molecule has 0 aliphatic carbocycles. The van der Waals surface area contributed by atoms with Crippen molar-refractivity contribution in [2.24, 2.45) is 0 Å². The third-order valence-electron chi connectivity index (χ3n) is 5.58. The van der Waals surface area contributed by atoms with Gasteiger partial charge in [0.05, 0.1) is 16.8 Å². The van der Waals surface area contributed by atoms with E-state index in [1.807, 2.05) is 36.4 Å². The lowest BCUT2D eigenvalue weighted by atomic mass is 10.2. The van der Waals surface area contributed by atoms with Gasteiger partial charge in [0.25, 0.3) is 5.91 Å². The predicted molar refractivity (Wildman–Crippen MR) is 169 cm³/mol. The highest BCUT2D eigenvalue weighted by atomic mass is 35.5. The second-order valence-corrected chi connectivity index (χ2v) is 12.3. The first-order chi connectivity index (χ1) is 20.3. The van der Waals surface area contributed by atoms with Crippen LogP contribution in [0.4, 0.5) is 5.13 Å². The Morgan fingerprint density at radius 1 is 0.952 bits per heavy atom. The maximum Gasteiger partial charge on any atom is 0.306 e. The van der Waals surface area contributed by atoms with Crippen LogP contribution in [-0.4, -0.2) is 29.2 Å². The Morgan fingerprint density at radius 3 is 2.12 bits per heavy atom. The summed E-state index contributed by atoms with van der Waals surface area (Å²) in [5.41, 5.74) is 2.73. The molecule has 0 aliphatic rings. The van der Waals surface area contributed by atoms with Crippen molar-refractivity contribution >= 4 is 63.3 Å². The molecule has 7 nitrogen and oxygen atoms in total. The van der Waals surface area contributed by atoms with E-state index in [-0.39, 0.29) is 38.1 Å². The summed E-state index contributed by atoms with van der Waals surface area (Å²) in [6, 6.07) is 19.8. The molecule has 1 aromatic heterocycles. The fourth-order valence-electron chi connectivity index (χ4n) is 3.49. The third-order valence-corrected chi connectivity index (χ3v) is 8.43. The summed E-state index contributed by atoms with van der Waals surface area (Å²) in [5, 5.41) is 4.43. The molecule has 1 N–H and O–H groups in total. The summed E-state index contributed by atoms with van der Waals surface area (Å²) < 4.78 is 18.0. The van der Waals surface area contributed by atoms with Crippen LogP contribution in [0, 0.1) is 0 Å². The van der Waals surface area contributed by atoms with Gasteiger partial charge in [-0.2, -0.15) is 0 Å². The number of halogens is 2. The Hall–Kier alpha value is -3.50. The topological polar surface area (TPSA) is 86.8 Å². The van der Waals surface area contributed by atoms with Gasteiger partial charge in [-0.05, 0) is 36.8 Å². The average Bonchev–Trinajstić information content (AvgIpc) is 3.42. The van der Waals surface area contributed by atoms with Gasteiger partial charge in [0.2, 0.25) is 0 Å². The number of benzene rings is 3. The number of thioether (sulfide) groups is 1. The van der Waals surface area contributed by atoms with Crippen molar-refractivity contribution in [3.63, 3.8) is 0 Å². The summed E-state index contributed by atoms with van der Waals surface area (Å²) in [5.74, 6) is 0.737. The number of carbonyl (C=O) groups is 2. The zero-order chi connectivity index (χ0) is 29.9. The Bertz CT molecular complexity index is 1490. The summed E-state index contributed by atoms with van der Waals surface area (Å²) in [4.78, 5) is 29.4. The zero-order valence-corrected chi connectivity index (χ0v) is 25.9. The molecule has 0 radical (unpaired) electrons. The van der Waals surface area contributed by atoms with Gasteiger partial charge in [0.15, 0.2) is 5.13 Å². The van der Waals surface area contributed by atoms with E-state index < -0.39 is 0 Å². The first-order valence-corrected chi connectivity index (χ1v) is 15.4. The highest BCUT2D eigenvalue weighted by Gasteiger charge is 2.15. The number of nitrogens with zero attached hydrogens (tertiary/aromatic N) is 1. The van der Waals surface area contributed by atoms with Crippen molar-refractivity contribution in [2.45, 2.75) is 30.8 Å². The summed E-state index contributed by atoms with van der Waals surface area (Å²) in [6.45, 7) is 6.16. The van der Waals surface area contributed by atoms with Crippen LogP contribution in [0.3, 0.4) is 0 Å². The molecular weight excluding hydrogens is 615 g/mol. The van der Waals surface area contributed by atoms with Crippen LogP contribution in [0.2, 0.25) is 10.0 Å². The quantitative estimate of drug-likeness (QED) is 0.0838. The van der Waals surface area contributed by atoms with Crippen molar-refractivity contribution in [1.82, 2.24) is 4.98 Å². The number of amides is 1. The number of hydrogen-bond donors (Lipinski definition) is 1. The van der Waals surface area contributed by atoms with Gasteiger partial charge in [-0.15, -0.1) is 11.8 Å². The molecule has 0 fully saturated rings. The van der Waals surface area contributed by atoms with E-state index in [0.717, 1.165) is 20.9 Å². The number of hydrogen-bond acceptors (Lipinski definition) is 8. The van der Waals surface area contributed by atoms with Crippen LogP contribution in [0.5, 0.6) is 11.5 Å². The second kappa shape index (κ2) is 15.7. The minimum Gasteiger partial charge on any atom is -0.489 e. The van der Waals surface area contributed by atoms with Crippen molar-refractivity contribution < 1.29 is 23.8 Å². The fraction of sp³-hybridized carbons (Fsp3) is 0.194. The van der Waals surface area contributed by atoms with Gasteiger partial charge in [0, 0.05) is 38.6 Å². The lowest BCUT2D eigenvalue weighted by Gasteiger charge is -2.13. The van der Waals surface area contributed by atoms with Gasteiger partial charge < -0.3 is 14.2 Å². The third kappa shape index (κ3) is 9.80. The number of rotatable bonds is 14. The average molecular weight is 644 g/mol. The molecule has 3 aromatic carbocycles. The normalized spacial score (nSPS) is 10.6. The van der Waals surface area contributed by atoms with E-state index >= 15 is 0 Å². The molecule has 0 bridgehead atoms. The summed E-state index contributed by atoms with van der Waals surface area (Å²) in [6.07, 6.45) is 1.92. The first-order valence-electron chi connectivity index (χ1n) is 12.8. The van der Waals surface area contributed by atoms with Crippen LogP contribution in [0.25, 0.3) is 0 Å². The first kappa shape index (κ1) is 31.4. The number of thiazole rings is 1. The maximum atomic E-state index is 13.2. The molecule has 4 rings (SSSR count). The molecule has 0 aliphatic heterocycles. The molecule has 0 unspecified atom stereocenters. The van der Waals surface area contributed by atoms with E-state index in [2.05, 4.69) is 16.9 Å². The van der Waals surface area contributed by atoms with Crippen molar-refractivity contribution in [2.75, 3.05) is 17.7 Å². The molecule has 42 heavy (non-hydrogen) atoms. The summed E-state index contributed by atoms with van der Waals surface area (Å²) in [7, 11) is 0. The molecule has 1 heterocycles. The maximum absolute atomic E-state index is 13.2. The van der Waals surface area contributed by atoms with E-state index in [4.69, 9.17) is 37.4 Å². The highest BCUT2D eigenvalue weighted by molar-refractivity contribution is 8.01. The van der Waals surface area contributed by atoms with E-state index in [9.17, 15) is 9.59 Å². The minimum atomic E-state index is -0.380. The van der Waals surface area contributed by atoms with Crippen molar-refractivity contribution in [3.05, 3.63) is 112 Å². The SMILES string of the molecule is C=C(C)COC(=O)CCSc1cnc(NC(=O)c2cc(OCc3ccccc3Cl)cc(OCc3ccccc3Cl)c2)s1. The molecule has 0 saturated carbocycles. The Labute approximate surface area is 262 Å². The van der Waals surface area contributed by atoms with E-state index in [1.54, 1.807) is 43.5 Å². The van der Waals surface area contributed by atoms with E-state index in [0.29, 0.717) is 38.0 Å². The molecule has 0 saturated heterocycles. The number of nitrogens with one attached hydrogen (secondary N) is 1. The molecule has 0 spiro atoms. The summed E-state index contributed by atoms with van der Waals surface area (Å²) >= 11 is 15.3. The zero-order valence-electron chi connectivity index (χ0n) is 22.7. The Morgan fingerprint density at radius 2 is 1.55 bits per heavy atom. The lowest BCUT2D eigenvalue weighted by Crippen LogP contribution is -2.12. The highest BCUT2D eigenvalue weighted by Crippen LogP contribution is 2.31. The monoisotopic (exact) mass is 642 g/mol. The van der Waals surface area contributed by atoms with Crippen molar-refractivity contribution in [3.8, 4) is 11.5 Å². The van der Waals surface area contributed by atoms with Gasteiger partial charge in [-0.3, -0.25) is 14.9 Å². The van der Waals surface area contributed by atoms with Gasteiger partial charge in [0.1, 0.15) is 31.3 Å². The van der Waals surface area contributed by atoms with Crippen LogP contribution < -0.4 is 14.8 Å².